The van der Waals surface area contributed by atoms with Gasteiger partial charge in [0.1, 0.15) is 17.7 Å². The number of aliphatic hydroxyl groups excluding tert-OH is 1. The number of ether oxygens (including phenoxy) is 1. The van der Waals surface area contributed by atoms with Crippen LogP contribution < -0.4 is 10.5 Å². The first kappa shape index (κ1) is 23.0. The number of fused-ring (bicyclic) bond motifs is 2. The van der Waals surface area contributed by atoms with Crippen molar-refractivity contribution in [3.8, 4) is 5.75 Å². The first-order valence-electron chi connectivity index (χ1n) is 11.4. The highest BCUT2D eigenvalue weighted by Crippen LogP contribution is 2.41. The van der Waals surface area contributed by atoms with E-state index >= 15 is 0 Å². The zero-order chi connectivity index (χ0) is 24.0. The zero-order valence-corrected chi connectivity index (χ0v) is 19.6. The molecule has 3 aliphatic rings. The molecular formula is C24H27ClFN5O3. The van der Waals surface area contributed by atoms with E-state index in [1.165, 1.54) is 30.6 Å². The first-order valence-corrected chi connectivity index (χ1v) is 11.8. The van der Waals surface area contributed by atoms with Gasteiger partial charge in [-0.3, -0.25) is 9.69 Å². The maximum Gasteiger partial charge on any atom is 0.258 e. The van der Waals surface area contributed by atoms with Crippen LogP contribution in [0.1, 0.15) is 42.4 Å². The highest BCUT2D eigenvalue weighted by molar-refractivity contribution is 6.30. The lowest BCUT2D eigenvalue weighted by molar-refractivity contribution is -0.00903. The molecule has 0 radical (unpaired) electrons. The molecule has 8 nitrogen and oxygen atoms in total. The van der Waals surface area contributed by atoms with Gasteiger partial charge in [0.2, 0.25) is 0 Å². The van der Waals surface area contributed by atoms with E-state index in [9.17, 15) is 14.3 Å². The summed E-state index contributed by atoms with van der Waals surface area (Å²) in [5, 5.41) is 10.1. The Balaban J connectivity index is 1.33. The lowest BCUT2D eigenvalue weighted by atomic mass is 9.97. The molecule has 180 valence electrons. The molecule has 4 heterocycles. The van der Waals surface area contributed by atoms with Crippen LogP contribution in [0, 0.1) is 11.7 Å². The standard InChI is InChI=1S/C24H27ClFN5O3/c1-13-4-16-6-17(7-21(13)31(16)12-32)34-22-5-15(26)2-3-18(22)24(33)30-10-19(20(27)11-30)23-28-8-14(25)9-29-23/h2-3,5,8-9,13,16-17,21,32H,4,6-7,10-12,27H2,1H3. The summed E-state index contributed by atoms with van der Waals surface area (Å²) >= 11 is 5.87. The molecule has 1 aromatic heterocycles. The molecule has 3 N–H and O–H groups in total. The second-order valence-corrected chi connectivity index (χ2v) is 9.77. The van der Waals surface area contributed by atoms with Crippen LogP contribution in [0.5, 0.6) is 5.75 Å². The molecule has 2 bridgehead atoms. The molecule has 1 aromatic carbocycles. The van der Waals surface area contributed by atoms with E-state index in [2.05, 4.69) is 21.8 Å². The van der Waals surface area contributed by atoms with Crippen molar-refractivity contribution >= 4 is 23.1 Å². The van der Waals surface area contributed by atoms with E-state index in [4.69, 9.17) is 22.1 Å². The third kappa shape index (κ3) is 4.23. The van der Waals surface area contributed by atoms with Crippen LogP contribution in [0.25, 0.3) is 5.57 Å². The summed E-state index contributed by atoms with van der Waals surface area (Å²) in [5.41, 5.74) is 7.65. The third-order valence-electron chi connectivity index (χ3n) is 7.14. The Morgan fingerprint density at radius 3 is 2.74 bits per heavy atom. The maximum atomic E-state index is 14.2. The fraction of sp³-hybridized carbons (Fsp3) is 0.458. The van der Waals surface area contributed by atoms with E-state index in [0.717, 1.165) is 19.3 Å². The van der Waals surface area contributed by atoms with Gasteiger partial charge in [-0.1, -0.05) is 18.5 Å². The molecule has 5 rings (SSSR count). The van der Waals surface area contributed by atoms with Crippen molar-refractivity contribution in [3.05, 3.63) is 58.5 Å². The van der Waals surface area contributed by atoms with Crippen molar-refractivity contribution in [2.45, 2.75) is 44.4 Å². The molecular weight excluding hydrogens is 461 g/mol. The largest absolute Gasteiger partial charge is 0.489 e. The Morgan fingerprint density at radius 1 is 1.26 bits per heavy atom. The van der Waals surface area contributed by atoms with Gasteiger partial charge in [-0.05, 0) is 30.9 Å². The fourth-order valence-electron chi connectivity index (χ4n) is 5.50. The number of piperidine rings is 1. The summed E-state index contributed by atoms with van der Waals surface area (Å²) in [4.78, 5) is 25.5. The van der Waals surface area contributed by atoms with Crippen molar-refractivity contribution in [3.63, 3.8) is 0 Å². The molecule has 0 saturated carbocycles. The topological polar surface area (TPSA) is 105 Å². The molecule has 2 aromatic rings. The molecule has 0 spiro atoms. The number of rotatable bonds is 5. The Bertz CT molecular complexity index is 1130. The van der Waals surface area contributed by atoms with Gasteiger partial charge in [-0.2, -0.15) is 0 Å². The summed E-state index contributed by atoms with van der Waals surface area (Å²) in [5.74, 6) is 0.338. The van der Waals surface area contributed by atoms with Crippen molar-refractivity contribution < 1.29 is 19.0 Å². The highest BCUT2D eigenvalue weighted by Gasteiger charge is 2.45. The molecule has 34 heavy (non-hydrogen) atoms. The van der Waals surface area contributed by atoms with E-state index in [1.807, 2.05) is 0 Å². The van der Waals surface area contributed by atoms with Gasteiger partial charge in [0, 0.05) is 48.2 Å². The van der Waals surface area contributed by atoms with Gasteiger partial charge in [0.15, 0.2) is 5.82 Å². The zero-order valence-electron chi connectivity index (χ0n) is 18.8. The maximum absolute atomic E-state index is 14.2. The minimum absolute atomic E-state index is 0.0269. The third-order valence-corrected chi connectivity index (χ3v) is 7.34. The smallest absolute Gasteiger partial charge is 0.258 e. The molecule has 0 aliphatic carbocycles. The molecule has 10 heteroatoms. The number of carbonyl (C=O) groups excluding carboxylic acids is 1. The quantitative estimate of drug-likeness (QED) is 0.668. The van der Waals surface area contributed by atoms with Gasteiger partial charge >= 0.3 is 0 Å². The second-order valence-electron chi connectivity index (χ2n) is 9.33. The SMILES string of the molecule is CC1CC2CC(Oc3cc(F)ccc3C(=O)N3CC(N)=C(c4ncc(Cl)cn4)C3)CC1N2CO. The normalized spacial score (nSPS) is 26.9. The van der Waals surface area contributed by atoms with E-state index in [1.54, 1.807) is 4.90 Å². The number of aliphatic hydroxyl groups is 1. The molecule has 4 atom stereocenters. The van der Waals surface area contributed by atoms with Crippen LogP contribution in [0.2, 0.25) is 5.02 Å². The Labute approximate surface area is 202 Å². The Morgan fingerprint density at radius 2 is 2.03 bits per heavy atom. The molecule has 1 amide bonds. The average Bonchev–Trinajstić information content (AvgIpc) is 3.28. The van der Waals surface area contributed by atoms with Crippen LogP contribution in [0.3, 0.4) is 0 Å². The highest BCUT2D eigenvalue weighted by atomic mass is 35.5. The number of carbonyl (C=O) groups is 1. The van der Waals surface area contributed by atoms with Crippen LogP contribution >= 0.6 is 11.6 Å². The minimum atomic E-state index is -0.468. The summed E-state index contributed by atoms with van der Waals surface area (Å²) in [6.07, 6.45) is 5.25. The fourth-order valence-corrected chi connectivity index (χ4v) is 5.60. The Hall–Kier alpha value is -2.75. The Kier molecular flexibility index (Phi) is 6.18. The predicted molar refractivity (Wildman–Crippen MR) is 124 cm³/mol. The van der Waals surface area contributed by atoms with E-state index < -0.39 is 5.82 Å². The molecule has 4 unspecified atom stereocenters. The summed E-state index contributed by atoms with van der Waals surface area (Å²) in [6, 6.07) is 4.43. The lowest BCUT2D eigenvalue weighted by Crippen LogP contribution is -2.47. The van der Waals surface area contributed by atoms with Gasteiger partial charge in [-0.15, -0.1) is 0 Å². The van der Waals surface area contributed by atoms with Crippen molar-refractivity contribution in [2.75, 3.05) is 19.8 Å². The summed E-state index contributed by atoms with van der Waals surface area (Å²) < 4.78 is 20.4. The summed E-state index contributed by atoms with van der Waals surface area (Å²) in [6.45, 7) is 2.66. The number of halogens is 2. The first-order chi connectivity index (χ1) is 16.3. The van der Waals surface area contributed by atoms with E-state index in [-0.39, 0.29) is 55.2 Å². The van der Waals surface area contributed by atoms with Gasteiger partial charge in [0.05, 0.1) is 30.4 Å². The van der Waals surface area contributed by atoms with E-state index in [0.29, 0.717) is 28.0 Å². The van der Waals surface area contributed by atoms with Crippen molar-refractivity contribution in [2.24, 2.45) is 11.7 Å². The van der Waals surface area contributed by atoms with Gasteiger partial charge < -0.3 is 20.5 Å². The lowest BCUT2D eigenvalue weighted by Gasteiger charge is -2.38. The number of benzene rings is 1. The van der Waals surface area contributed by atoms with Gasteiger partial charge in [-0.25, -0.2) is 14.4 Å². The van der Waals surface area contributed by atoms with Gasteiger partial charge in [0.25, 0.3) is 5.91 Å². The van der Waals surface area contributed by atoms with Crippen LogP contribution in [0.4, 0.5) is 4.39 Å². The number of nitrogens with two attached hydrogens (primary N) is 1. The second kappa shape index (κ2) is 9.13. The monoisotopic (exact) mass is 487 g/mol. The van der Waals surface area contributed by atoms with Crippen molar-refractivity contribution in [1.29, 1.82) is 0 Å². The average molecular weight is 488 g/mol. The molecule has 3 aliphatic heterocycles. The van der Waals surface area contributed by atoms with Crippen LogP contribution in [-0.4, -0.2) is 68.8 Å². The minimum Gasteiger partial charge on any atom is -0.489 e. The van der Waals surface area contributed by atoms with Crippen LogP contribution in [0.15, 0.2) is 36.3 Å². The van der Waals surface area contributed by atoms with Crippen molar-refractivity contribution in [1.82, 2.24) is 19.8 Å². The number of amides is 1. The molecule has 2 fully saturated rings. The summed E-state index contributed by atoms with van der Waals surface area (Å²) in [7, 11) is 0. The predicted octanol–water partition coefficient (Wildman–Crippen LogP) is 2.66. The number of aromatic nitrogens is 2. The number of nitrogens with zero attached hydrogens (tertiary/aromatic N) is 4. The molecule has 2 saturated heterocycles. The number of hydrogen-bond donors (Lipinski definition) is 2. The number of hydrogen-bond acceptors (Lipinski definition) is 7. The van der Waals surface area contributed by atoms with Crippen LogP contribution in [-0.2, 0) is 0 Å².